The van der Waals surface area contributed by atoms with Crippen molar-refractivity contribution >= 4 is 0 Å². The number of ether oxygens (including phenoxy) is 3. The fourth-order valence-electron chi connectivity index (χ4n) is 5.65. The second-order valence-electron chi connectivity index (χ2n) is 9.57. The van der Waals surface area contributed by atoms with Gasteiger partial charge < -0.3 is 14.2 Å². The molecule has 0 aromatic heterocycles. The van der Waals surface area contributed by atoms with Crippen LogP contribution in [0, 0.1) is 0 Å². The van der Waals surface area contributed by atoms with Crippen LogP contribution in [-0.2, 0) is 19.5 Å². The molecule has 6 rings (SSSR count). The Kier molecular flexibility index (Phi) is 5.67. The van der Waals surface area contributed by atoms with E-state index in [1.165, 1.54) is 55.7 Å². The third-order valence-electron chi connectivity index (χ3n) is 7.41. The molecule has 1 unspecified atom stereocenters. The van der Waals surface area contributed by atoms with Gasteiger partial charge in [0.2, 0.25) is 6.79 Å². The molecule has 4 heterocycles. The molecule has 2 fully saturated rings. The number of likely N-dealkylation sites (tertiary alicyclic amines) is 1. The van der Waals surface area contributed by atoms with E-state index in [1.807, 2.05) is 6.07 Å². The van der Waals surface area contributed by atoms with E-state index in [0.717, 1.165) is 56.5 Å². The molecule has 2 aromatic carbocycles. The average Bonchev–Trinajstić information content (AvgIpc) is 3.48. The lowest BCUT2D eigenvalue weighted by molar-refractivity contribution is 0.0477. The molecule has 6 nitrogen and oxygen atoms in total. The van der Waals surface area contributed by atoms with Crippen molar-refractivity contribution in [1.82, 2.24) is 14.7 Å². The molecule has 0 radical (unpaired) electrons. The molecule has 170 valence electrons. The van der Waals surface area contributed by atoms with Gasteiger partial charge in [0.1, 0.15) is 5.75 Å². The standard InChI is InChI=1S/C26H33N3O3/c1-2-23(18-28(8-1)17-20-3-5-24-22(14-20)7-13-30-24)29-11-9-27(10-12-29)16-21-4-6-25-26(15-21)32-19-31-25/h3-6,14-15,23H,1-2,7-13,16-19H2. The lowest BCUT2D eigenvalue weighted by atomic mass is 10.0. The van der Waals surface area contributed by atoms with E-state index in [0.29, 0.717) is 12.8 Å². The van der Waals surface area contributed by atoms with Crippen molar-refractivity contribution in [3.63, 3.8) is 0 Å². The van der Waals surface area contributed by atoms with Gasteiger partial charge >= 0.3 is 0 Å². The molecule has 0 N–H and O–H groups in total. The minimum absolute atomic E-state index is 0.344. The summed E-state index contributed by atoms with van der Waals surface area (Å²) < 4.78 is 16.6. The molecule has 6 heteroatoms. The largest absolute Gasteiger partial charge is 0.493 e. The highest BCUT2D eigenvalue weighted by Crippen LogP contribution is 2.33. The van der Waals surface area contributed by atoms with E-state index in [4.69, 9.17) is 14.2 Å². The monoisotopic (exact) mass is 435 g/mol. The van der Waals surface area contributed by atoms with Crippen molar-refractivity contribution in [2.24, 2.45) is 0 Å². The second kappa shape index (κ2) is 8.93. The zero-order chi connectivity index (χ0) is 21.3. The van der Waals surface area contributed by atoms with Gasteiger partial charge in [0.25, 0.3) is 0 Å². The van der Waals surface area contributed by atoms with Crippen molar-refractivity contribution in [3.8, 4) is 17.2 Å². The molecule has 0 bridgehead atoms. The third kappa shape index (κ3) is 4.32. The molecule has 1 atom stereocenters. The number of hydrogen-bond acceptors (Lipinski definition) is 6. The van der Waals surface area contributed by atoms with Gasteiger partial charge in [-0.15, -0.1) is 0 Å². The molecular formula is C26H33N3O3. The number of nitrogens with zero attached hydrogens (tertiary/aromatic N) is 3. The first-order chi connectivity index (χ1) is 15.8. The highest BCUT2D eigenvalue weighted by atomic mass is 16.7. The van der Waals surface area contributed by atoms with Gasteiger partial charge in [-0.2, -0.15) is 0 Å². The summed E-state index contributed by atoms with van der Waals surface area (Å²) >= 11 is 0. The van der Waals surface area contributed by atoms with Crippen LogP contribution in [0.1, 0.15) is 29.5 Å². The van der Waals surface area contributed by atoms with Crippen molar-refractivity contribution in [2.45, 2.75) is 38.4 Å². The Balaban J connectivity index is 1.01. The maximum absolute atomic E-state index is 5.67. The summed E-state index contributed by atoms with van der Waals surface area (Å²) in [7, 11) is 0. The van der Waals surface area contributed by atoms with Crippen molar-refractivity contribution in [1.29, 1.82) is 0 Å². The fraction of sp³-hybridized carbons (Fsp3) is 0.538. The van der Waals surface area contributed by atoms with Gasteiger partial charge in [-0.3, -0.25) is 14.7 Å². The van der Waals surface area contributed by atoms with Crippen LogP contribution in [0.25, 0.3) is 0 Å². The molecule has 0 amide bonds. The predicted molar refractivity (Wildman–Crippen MR) is 123 cm³/mol. The lowest BCUT2D eigenvalue weighted by Crippen LogP contribution is -2.54. The van der Waals surface area contributed by atoms with Crippen LogP contribution < -0.4 is 14.2 Å². The number of rotatable bonds is 5. The van der Waals surface area contributed by atoms with Crippen LogP contribution in [0.4, 0.5) is 0 Å². The Morgan fingerprint density at radius 2 is 1.53 bits per heavy atom. The summed E-state index contributed by atoms with van der Waals surface area (Å²) in [5.74, 6) is 2.84. The van der Waals surface area contributed by atoms with Crippen LogP contribution in [-0.4, -0.2) is 73.4 Å². The summed E-state index contributed by atoms with van der Waals surface area (Å²) in [5, 5.41) is 0. The molecule has 0 saturated carbocycles. The SMILES string of the molecule is c1cc2c(cc1CN1CCN(C3CCCN(Cc4ccc5c(c4)CCO5)C3)CC1)OCO2. The zero-order valence-electron chi connectivity index (χ0n) is 18.8. The first-order valence-corrected chi connectivity index (χ1v) is 12.1. The topological polar surface area (TPSA) is 37.4 Å². The minimum Gasteiger partial charge on any atom is -0.493 e. The summed E-state index contributed by atoms with van der Waals surface area (Å²) in [6.07, 6.45) is 3.69. The van der Waals surface area contributed by atoms with Gasteiger partial charge in [0.05, 0.1) is 6.61 Å². The van der Waals surface area contributed by atoms with Gasteiger partial charge in [0, 0.05) is 58.3 Å². The maximum atomic E-state index is 5.67. The summed E-state index contributed by atoms with van der Waals surface area (Å²) in [6, 6.07) is 13.8. The Labute approximate surface area is 190 Å². The van der Waals surface area contributed by atoms with E-state index >= 15 is 0 Å². The van der Waals surface area contributed by atoms with E-state index in [2.05, 4.69) is 45.0 Å². The fourth-order valence-corrected chi connectivity index (χ4v) is 5.65. The van der Waals surface area contributed by atoms with E-state index < -0.39 is 0 Å². The van der Waals surface area contributed by atoms with E-state index in [9.17, 15) is 0 Å². The van der Waals surface area contributed by atoms with Gasteiger partial charge in [-0.1, -0.05) is 18.2 Å². The highest BCUT2D eigenvalue weighted by molar-refractivity contribution is 5.44. The zero-order valence-corrected chi connectivity index (χ0v) is 18.8. The van der Waals surface area contributed by atoms with E-state index in [1.54, 1.807) is 0 Å². The van der Waals surface area contributed by atoms with Gasteiger partial charge in [0.15, 0.2) is 11.5 Å². The lowest BCUT2D eigenvalue weighted by Gasteiger charge is -2.43. The molecule has 2 saturated heterocycles. The van der Waals surface area contributed by atoms with Crippen molar-refractivity contribution in [2.75, 3.05) is 52.7 Å². The third-order valence-corrected chi connectivity index (χ3v) is 7.41. The smallest absolute Gasteiger partial charge is 0.231 e. The molecule has 0 aliphatic carbocycles. The van der Waals surface area contributed by atoms with Crippen molar-refractivity contribution in [3.05, 3.63) is 53.1 Å². The summed E-state index contributed by atoms with van der Waals surface area (Å²) in [6.45, 7) is 10.2. The van der Waals surface area contributed by atoms with Gasteiger partial charge in [-0.25, -0.2) is 0 Å². The molecular weight excluding hydrogens is 402 g/mol. The number of piperazine rings is 1. The normalized spacial score (nSPS) is 23.8. The number of fused-ring (bicyclic) bond motifs is 2. The maximum Gasteiger partial charge on any atom is 0.231 e. The van der Waals surface area contributed by atoms with Crippen molar-refractivity contribution < 1.29 is 14.2 Å². The Hall–Kier alpha value is -2.28. The molecule has 0 spiro atoms. The van der Waals surface area contributed by atoms with Crippen LogP contribution in [0.15, 0.2) is 36.4 Å². The first-order valence-electron chi connectivity index (χ1n) is 12.1. The van der Waals surface area contributed by atoms with E-state index in [-0.39, 0.29) is 0 Å². The summed E-state index contributed by atoms with van der Waals surface area (Å²) in [4.78, 5) is 7.96. The number of piperidine rings is 1. The Morgan fingerprint density at radius 1 is 0.750 bits per heavy atom. The molecule has 32 heavy (non-hydrogen) atoms. The van der Waals surface area contributed by atoms with Crippen LogP contribution in [0.3, 0.4) is 0 Å². The van der Waals surface area contributed by atoms with Crippen LogP contribution >= 0.6 is 0 Å². The summed E-state index contributed by atoms with van der Waals surface area (Å²) in [5.41, 5.74) is 4.13. The molecule has 2 aromatic rings. The average molecular weight is 436 g/mol. The first kappa shape index (κ1) is 20.3. The number of hydrogen-bond donors (Lipinski definition) is 0. The molecule has 4 aliphatic rings. The molecule has 4 aliphatic heterocycles. The highest BCUT2D eigenvalue weighted by Gasteiger charge is 2.28. The van der Waals surface area contributed by atoms with Crippen LogP contribution in [0.2, 0.25) is 0 Å². The number of benzene rings is 2. The Morgan fingerprint density at radius 3 is 2.44 bits per heavy atom. The van der Waals surface area contributed by atoms with Gasteiger partial charge in [-0.05, 0) is 54.3 Å². The predicted octanol–water partition coefficient (Wildman–Crippen LogP) is 3.13. The minimum atomic E-state index is 0.344. The second-order valence-corrected chi connectivity index (χ2v) is 9.57. The van der Waals surface area contributed by atoms with Crippen LogP contribution in [0.5, 0.6) is 17.2 Å². The Bertz CT molecular complexity index is 957. The quantitative estimate of drug-likeness (QED) is 0.718.